The van der Waals surface area contributed by atoms with E-state index in [1.165, 1.54) is 18.2 Å². The number of amidine groups is 1. The van der Waals surface area contributed by atoms with Crippen molar-refractivity contribution in [1.29, 1.82) is 0 Å². The zero-order valence-corrected chi connectivity index (χ0v) is 14.0. The minimum absolute atomic E-state index is 0.00955. The molecule has 1 N–H and O–H groups in total. The van der Waals surface area contributed by atoms with Gasteiger partial charge >= 0.3 is 0 Å². The van der Waals surface area contributed by atoms with Gasteiger partial charge in [0.15, 0.2) is 16.7 Å². The SMILES string of the molecule is O=C1NC(=Nc2ccccc2)S/C1=C\c1cc2c(cc1[N+](=O)[O-])OCO2. The van der Waals surface area contributed by atoms with Gasteiger partial charge in [0.25, 0.3) is 11.6 Å². The first-order valence-corrected chi connectivity index (χ1v) is 8.34. The van der Waals surface area contributed by atoms with Crippen molar-refractivity contribution >= 4 is 40.3 Å². The number of nitro groups is 1. The number of ether oxygens (including phenoxy) is 2. The summed E-state index contributed by atoms with van der Waals surface area (Å²) in [5.74, 6) is 0.356. The summed E-state index contributed by atoms with van der Waals surface area (Å²) < 4.78 is 10.4. The highest BCUT2D eigenvalue weighted by Crippen LogP contribution is 2.40. The third-order valence-corrected chi connectivity index (χ3v) is 4.55. The van der Waals surface area contributed by atoms with Gasteiger partial charge in [-0.25, -0.2) is 4.99 Å². The highest BCUT2D eigenvalue weighted by molar-refractivity contribution is 8.18. The second kappa shape index (κ2) is 6.52. The first kappa shape index (κ1) is 16.2. The number of benzene rings is 2. The molecule has 9 heteroatoms. The molecule has 2 aliphatic rings. The Hall–Kier alpha value is -3.33. The predicted octanol–water partition coefficient (Wildman–Crippen LogP) is 3.22. The number of para-hydroxylation sites is 1. The topological polar surface area (TPSA) is 103 Å². The number of nitrogens with one attached hydrogen (secondary N) is 1. The lowest BCUT2D eigenvalue weighted by atomic mass is 10.1. The molecule has 2 aromatic carbocycles. The molecule has 2 aromatic rings. The van der Waals surface area contributed by atoms with E-state index in [2.05, 4.69) is 10.3 Å². The average molecular weight is 369 g/mol. The molecule has 0 bridgehead atoms. The van der Waals surface area contributed by atoms with E-state index in [9.17, 15) is 14.9 Å². The number of fused-ring (bicyclic) bond motifs is 1. The van der Waals surface area contributed by atoms with Crippen LogP contribution in [0.3, 0.4) is 0 Å². The Kier molecular flexibility index (Phi) is 4.05. The van der Waals surface area contributed by atoms with Crippen LogP contribution in [0, 0.1) is 10.1 Å². The molecule has 4 rings (SSSR count). The molecule has 2 aliphatic heterocycles. The lowest BCUT2D eigenvalue weighted by Gasteiger charge is -2.01. The summed E-state index contributed by atoms with van der Waals surface area (Å²) in [5, 5.41) is 14.4. The maximum atomic E-state index is 12.2. The summed E-state index contributed by atoms with van der Waals surface area (Å²) in [5.41, 5.74) is 0.798. The number of nitro benzene ring substituents is 1. The van der Waals surface area contributed by atoms with E-state index < -0.39 is 4.92 Å². The van der Waals surface area contributed by atoms with Gasteiger partial charge in [-0.3, -0.25) is 14.9 Å². The molecule has 0 saturated carbocycles. The van der Waals surface area contributed by atoms with Crippen molar-refractivity contribution in [3.05, 3.63) is 63.0 Å². The number of thioether (sulfide) groups is 1. The van der Waals surface area contributed by atoms with E-state index in [0.29, 0.717) is 27.3 Å². The van der Waals surface area contributed by atoms with E-state index in [4.69, 9.17) is 9.47 Å². The lowest BCUT2D eigenvalue weighted by molar-refractivity contribution is -0.385. The Morgan fingerprint density at radius 1 is 1.19 bits per heavy atom. The molecular weight excluding hydrogens is 358 g/mol. The summed E-state index contributed by atoms with van der Waals surface area (Å²) in [6.45, 7) is 0.00955. The number of nitrogens with zero attached hydrogens (tertiary/aromatic N) is 2. The summed E-state index contributed by atoms with van der Waals surface area (Å²) in [6.07, 6.45) is 1.45. The van der Waals surface area contributed by atoms with Crippen LogP contribution in [0.15, 0.2) is 52.4 Å². The van der Waals surface area contributed by atoms with Crippen molar-refractivity contribution in [2.75, 3.05) is 6.79 Å². The second-order valence-electron chi connectivity index (χ2n) is 5.34. The van der Waals surface area contributed by atoms with Crippen LogP contribution in [-0.2, 0) is 4.79 Å². The highest BCUT2D eigenvalue weighted by Gasteiger charge is 2.27. The number of hydrogen-bond acceptors (Lipinski definition) is 7. The number of amides is 1. The van der Waals surface area contributed by atoms with Gasteiger partial charge < -0.3 is 14.8 Å². The molecule has 0 aromatic heterocycles. The van der Waals surface area contributed by atoms with Crippen LogP contribution in [0.2, 0.25) is 0 Å². The Morgan fingerprint density at radius 2 is 1.92 bits per heavy atom. The van der Waals surface area contributed by atoms with E-state index >= 15 is 0 Å². The number of aliphatic imine (C=N–C) groups is 1. The lowest BCUT2D eigenvalue weighted by Crippen LogP contribution is -2.19. The summed E-state index contributed by atoms with van der Waals surface area (Å²) >= 11 is 1.12. The number of carbonyl (C=O) groups is 1. The fourth-order valence-corrected chi connectivity index (χ4v) is 3.29. The molecule has 0 radical (unpaired) electrons. The molecule has 130 valence electrons. The molecule has 2 heterocycles. The van der Waals surface area contributed by atoms with E-state index in [1.54, 1.807) is 0 Å². The van der Waals surface area contributed by atoms with Crippen molar-refractivity contribution in [1.82, 2.24) is 5.32 Å². The van der Waals surface area contributed by atoms with Crippen molar-refractivity contribution in [2.45, 2.75) is 0 Å². The second-order valence-corrected chi connectivity index (χ2v) is 6.37. The van der Waals surface area contributed by atoms with Crippen molar-refractivity contribution in [3.8, 4) is 11.5 Å². The summed E-state index contributed by atoms with van der Waals surface area (Å²) in [7, 11) is 0. The van der Waals surface area contributed by atoms with Crippen LogP contribution >= 0.6 is 11.8 Å². The third kappa shape index (κ3) is 3.11. The van der Waals surface area contributed by atoms with Crippen molar-refractivity contribution < 1.29 is 19.2 Å². The molecule has 0 unspecified atom stereocenters. The molecule has 1 fully saturated rings. The monoisotopic (exact) mass is 369 g/mol. The predicted molar refractivity (Wildman–Crippen MR) is 96.5 cm³/mol. The van der Waals surface area contributed by atoms with Crippen LogP contribution in [0.5, 0.6) is 11.5 Å². The summed E-state index contributed by atoms with van der Waals surface area (Å²) in [4.78, 5) is 27.6. The normalized spacial score (nSPS) is 18.4. The van der Waals surface area contributed by atoms with Gasteiger partial charge in [-0.15, -0.1) is 0 Å². The first-order chi connectivity index (χ1) is 12.6. The Morgan fingerprint density at radius 3 is 2.65 bits per heavy atom. The molecular formula is C17H11N3O5S. The van der Waals surface area contributed by atoms with Gasteiger partial charge in [-0.1, -0.05) is 18.2 Å². The summed E-state index contributed by atoms with van der Waals surface area (Å²) in [6, 6.07) is 12.0. The van der Waals surface area contributed by atoms with E-state index in [-0.39, 0.29) is 24.0 Å². The fraction of sp³-hybridized carbons (Fsp3) is 0.0588. The quantitative estimate of drug-likeness (QED) is 0.506. The standard InChI is InChI=1S/C17H11N3O5S/c21-16-15(26-17(19-16)18-11-4-2-1-3-5-11)7-10-6-13-14(25-9-24-13)8-12(10)20(22)23/h1-8H,9H2,(H,18,19,21)/b15-7-. The zero-order valence-electron chi connectivity index (χ0n) is 13.2. The van der Waals surface area contributed by atoms with Crippen LogP contribution < -0.4 is 14.8 Å². The molecule has 1 saturated heterocycles. The van der Waals surface area contributed by atoms with Gasteiger partial charge in [0.1, 0.15) is 0 Å². The van der Waals surface area contributed by atoms with Crippen LogP contribution in [0.4, 0.5) is 11.4 Å². The van der Waals surface area contributed by atoms with E-state index in [1.807, 2.05) is 30.3 Å². The minimum atomic E-state index is -0.523. The molecule has 1 amide bonds. The first-order valence-electron chi connectivity index (χ1n) is 7.53. The molecule has 0 spiro atoms. The number of hydrogen-bond donors (Lipinski definition) is 1. The molecule has 26 heavy (non-hydrogen) atoms. The van der Waals surface area contributed by atoms with Gasteiger partial charge in [-0.05, 0) is 36.0 Å². The van der Waals surface area contributed by atoms with Crippen LogP contribution in [0.1, 0.15) is 5.56 Å². The Labute approximate surface area is 151 Å². The van der Waals surface area contributed by atoms with Gasteiger partial charge in [0.05, 0.1) is 27.1 Å². The molecule has 0 aliphatic carbocycles. The van der Waals surface area contributed by atoms with Crippen LogP contribution in [-0.4, -0.2) is 22.8 Å². The van der Waals surface area contributed by atoms with Crippen LogP contribution in [0.25, 0.3) is 6.08 Å². The Balaban J connectivity index is 1.68. The molecule has 8 nitrogen and oxygen atoms in total. The minimum Gasteiger partial charge on any atom is -0.454 e. The van der Waals surface area contributed by atoms with Crippen molar-refractivity contribution in [2.24, 2.45) is 4.99 Å². The van der Waals surface area contributed by atoms with Gasteiger partial charge in [0.2, 0.25) is 6.79 Å². The fourth-order valence-electron chi connectivity index (χ4n) is 2.46. The third-order valence-electron chi connectivity index (χ3n) is 3.64. The maximum Gasteiger partial charge on any atom is 0.280 e. The highest BCUT2D eigenvalue weighted by atomic mass is 32.2. The molecule has 0 atom stereocenters. The maximum absolute atomic E-state index is 12.2. The largest absolute Gasteiger partial charge is 0.454 e. The zero-order chi connectivity index (χ0) is 18.1. The average Bonchev–Trinajstić information content (AvgIpc) is 3.21. The van der Waals surface area contributed by atoms with Crippen molar-refractivity contribution in [3.63, 3.8) is 0 Å². The van der Waals surface area contributed by atoms with Gasteiger partial charge in [0, 0.05) is 0 Å². The Bertz CT molecular complexity index is 972. The van der Waals surface area contributed by atoms with E-state index in [0.717, 1.165) is 11.8 Å². The van der Waals surface area contributed by atoms with Gasteiger partial charge in [-0.2, -0.15) is 0 Å². The number of rotatable bonds is 3. The smallest absolute Gasteiger partial charge is 0.280 e. The number of carbonyl (C=O) groups excluding carboxylic acids is 1.